The summed E-state index contributed by atoms with van der Waals surface area (Å²) in [7, 11) is 1.64. The predicted molar refractivity (Wildman–Crippen MR) is 114 cm³/mol. The fraction of sp³-hybridized carbons (Fsp3) is 0.238. The van der Waals surface area contributed by atoms with E-state index in [2.05, 4.69) is 31.4 Å². The zero-order valence-electron chi connectivity index (χ0n) is 15.8. The van der Waals surface area contributed by atoms with Crippen LogP contribution in [0.15, 0.2) is 46.8 Å². The molecule has 0 amide bonds. The van der Waals surface area contributed by atoms with Crippen LogP contribution in [0.1, 0.15) is 36.3 Å². The number of thiophene rings is 1. The van der Waals surface area contributed by atoms with Crippen LogP contribution < -0.4 is 0 Å². The molecule has 27 heavy (non-hydrogen) atoms. The van der Waals surface area contributed by atoms with Gasteiger partial charge in [0.25, 0.3) is 0 Å². The highest BCUT2D eigenvalue weighted by molar-refractivity contribution is 7.98. The van der Waals surface area contributed by atoms with E-state index in [-0.39, 0.29) is 5.69 Å². The summed E-state index contributed by atoms with van der Waals surface area (Å²) in [5, 5.41) is 20.8. The Labute approximate surface area is 168 Å². The molecule has 4 nitrogen and oxygen atoms in total. The van der Waals surface area contributed by atoms with Gasteiger partial charge in [-0.15, -0.1) is 23.1 Å². The Bertz CT molecular complexity index is 963. The van der Waals surface area contributed by atoms with Crippen LogP contribution >= 0.6 is 23.1 Å². The molecule has 0 aliphatic carbocycles. The lowest BCUT2D eigenvalue weighted by Gasteiger charge is -2.06. The normalized spacial score (nSPS) is 10.0. The van der Waals surface area contributed by atoms with E-state index in [1.54, 1.807) is 36.3 Å². The molecule has 0 aliphatic heterocycles. The van der Waals surface area contributed by atoms with Crippen molar-refractivity contribution in [1.29, 1.82) is 5.26 Å². The van der Waals surface area contributed by atoms with Gasteiger partial charge in [0.2, 0.25) is 0 Å². The van der Waals surface area contributed by atoms with Gasteiger partial charge in [0.15, 0.2) is 0 Å². The van der Waals surface area contributed by atoms with Crippen LogP contribution in [0.25, 0.3) is 21.6 Å². The third-order valence-electron chi connectivity index (χ3n) is 3.79. The first kappa shape index (κ1) is 20.8. The van der Waals surface area contributed by atoms with Gasteiger partial charge >= 0.3 is 5.97 Å². The highest BCUT2D eigenvalue weighted by Gasteiger charge is 2.21. The fourth-order valence-electron chi connectivity index (χ4n) is 2.72. The van der Waals surface area contributed by atoms with Crippen LogP contribution in [-0.4, -0.2) is 21.9 Å². The van der Waals surface area contributed by atoms with Crippen molar-refractivity contribution in [1.82, 2.24) is 4.57 Å². The molecule has 6 heteroatoms. The number of aryl methyl sites for hydroxylation is 1. The van der Waals surface area contributed by atoms with Crippen LogP contribution in [0.4, 0.5) is 0 Å². The van der Waals surface area contributed by atoms with E-state index in [4.69, 9.17) is 0 Å². The standard InChI is InChI=1S/C18H14N2O2S2.C3H8/c1-20-10-13(9-19)15(16(20)18(21)22)11-3-5-12(6-4-11)17-14(23-2)7-8-24-17;1-3-2/h3-8,10H,1-2H3,(H,21,22);3H2,1-2H3. The molecule has 0 saturated carbocycles. The number of thioether (sulfide) groups is 1. The van der Waals surface area contributed by atoms with E-state index in [0.29, 0.717) is 11.1 Å². The van der Waals surface area contributed by atoms with Crippen LogP contribution in [0, 0.1) is 11.3 Å². The average molecular weight is 399 g/mol. The molecule has 0 fully saturated rings. The van der Waals surface area contributed by atoms with Crippen LogP contribution in [0.5, 0.6) is 0 Å². The van der Waals surface area contributed by atoms with E-state index < -0.39 is 5.97 Å². The SMILES string of the molecule is CCC.CSc1ccsc1-c1ccc(-c2c(C#N)cn(C)c2C(=O)O)cc1. The lowest BCUT2D eigenvalue weighted by molar-refractivity contribution is 0.0687. The number of hydrogen-bond acceptors (Lipinski definition) is 4. The van der Waals surface area contributed by atoms with Gasteiger partial charge in [-0.05, 0) is 28.8 Å². The molecule has 3 rings (SSSR count). The largest absolute Gasteiger partial charge is 0.477 e. The quantitative estimate of drug-likeness (QED) is 0.537. The summed E-state index contributed by atoms with van der Waals surface area (Å²) >= 11 is 3.38. The maximum Gasteiger partial charge on any atom is 0.353 e. The number of aromatic carboxylic acids is 1. The van der Waals surface area contributed by atoms with Gasteiger partial charge in [0.1, 0.15) is 11.8 Å². The Hall–Kier alpha value is -2.49. The minimum absolute atomic E-state index is 0.125. The van der Waals surface area contributed by atoms with Crippen molar-refractivity contribution in [3.63, 3.8) is 0 Å². The van der Waals surface area contributed by atoms with Crippen molar-refractivity contribution in [3.8, 4) is 27.6 Å². The Kier molecular flexibility index (Phi) is 7.28. The lowest BCUT2D eigenvalue weighted by atomic mass is 10.00. The molecule has 0 bridgehead atoms. The second-order valence-electron chi connectivity index (χ2n) is 5.90. The Morgan fingerprint density at radius 1 is 1.22 bits per heavy atom. The van der Waals surface area contributed by atoms with E-state index in [1.165, 1.54) is 20.8 Å². The fourth-order valence-corrected chi connectivity index (χ4v) is 4.50. The van der Waals surface area contributed by atoms with Crippen molar-refractivity contribution < 1.29 is 9.90 Å². The number of benzene rings is 1. The molecule has 0 unspecified atom stereocenters. The summed E-state index contributed by atoms with van der Waals surface area (Å²) < 4.78 is 1.48. The van der Waals surface area contributed by atoms with Crippen LogP contribution in [-0.2, 0) is 7.05 Å². The minimum Gasteiger partial charge on any atom is -0.477 e. The molecule has 1 aromatic carbocycles. The van der Waals surface area contributed by atoms with Gasteiger partial charge in [-0.1, -0.05) is 44.5 Å². The van der Waals surface area contributed by atoms with E-state index in [9.17, 15) is 15.2 Å². The molecule has 1 N–H and O–H groups in total. The molecule has 0 radical (unpaired) electrons. The number of aromatic nitrogens is 1. The number of carboxylic acids is 1. The molecule has 0 spiro atoms. The number of carboxylic acid groups (broad SMARTS) is 1. The molecule has 2 heterocycles. The van der Waals surface area contributed by atoms with Crippen LogP contribution in [0.3, 0.4) is 0 Å². The summed E-state index contributed by atoms with van der Waals surface area (Å²) in [6, 6.07) is 11.9. The molecular weight excluding hydrogens is 376 g/mol. The minimum atomic E-state index is -1.04. The predicted octanol–water partition coefficient (Wildman–Crippen LogP) is 6.13. The van der Waals surface area contributed by atoms with E-state index in [0.717, 1.165) is 11.1 Å². The first-order valence-electron chi connectivity index (χ1n) is 8.53. The van der Waals surface area contributed by atoms with Gasteiger partial charge in [-0.25, -0.2) is 4.79 Å². The van der Waals surface area contributed by atoms with Crippen molar-refractivity contribution in [3.05, 3.63) is 53.2 Å². The highest BCUT2D eigenvalue weighted by Crippen LogP contribution is 2.37. The highest BCUT2D eigenvalue weighted by atomic mass is 32.2. The summed E-state index contributed by atoms with van der Waals surface area (Å²) in [6.07, 6.45) is 4.85. The number of nitrogens with zero attached hydrogens (tertiary/aromatic N) is 2. The number of carbonyl (C=O) groups is 1. The Morgan fingerprint density at radius 3 is 2.33 bits per heavy atom. The number of nitriles is 1. The summed E-state index contributed by atoms with van der Waals surface area (Å²) in [6.45, 7) is 4.25. The van der Waals surface area contributed by atoms with E-state index >= 15 is 0 Å². The lowest BCUT2D eigenvalue weighted by Crippen LogP contribution is -2.05. The molecule has 0 atom stereocenters. The molecule has 2 aromatic heterocycles. The molecular formula is C21H22N2O2S2. The third kappa shape index (κ3) is 4.44. The molecule has 0 aliphatic rings. The van der Waals surface area contributed by atoms with Gasteiger partial charge in [0.05, 0.1) is 5.56 Å². The molecule has 3 aromatic rings. The zero-order chi connectivity index (χ0) is 20.0. The van der Waals surface area contributed by atoms with Crippen molar-refractivity contribution >= 4 is 29.1 Å². The molecule has 140 valence electrons. The zero-order valence-corrected chi connectivity index (χ0v) is 17.4. The Balaban J connectivity index is 0.000000817. The van der Waals surface area contributed by atoms with Gasteiger partial charge in [-0.3, -0.25) is 0 Å². The van der Waals surface area contributed by atoms with Crippen molar-refractivity contribution in [2.24, 2.45) is 7.05 Å². The van der Waals surface area contributed by atoms with Gasteiger partial charge in [-0.2, -0.15) is 5.26 Å². The third-order valence-corrected chi connectivity index (χ3v) is 5.66. The summed E-state index contributed by atoms with van der Waals surface area (Å²) in [4.78, 5) is 14.0. The van der Waals surface area contributed by atoms with Gasteiger partial charge in [0, 0.05) is 28.6 Å². The summed E-state index contributed by atoms with van der Waals surface area (Å²) in [5.41, 5.74) is 2.78. The maximum atomic E-state index is 11.6. The van der Waals surface area contributed by atoms with E-state index in [1.807, 2.05) is 30.5 Å². The number of rotatable bonds is 4. The Morgan fingerprint density at radius 2 is 1.81 bits per heavy atom. The monoisotopic (exact) mass is 398 g/mol. The van der Waals surface area contributed by atoms with Crippen LogP contribution in [0.2, 0.25) is 0 Å². The maximum absolute atomic E-state index is 11.6. The number of hydrogen-bond donors (Lipinski definition) is 1. The smallest absolute Gasteiger partial charge is 0.353 e. The van der Waals surface area contributed by atoms with Crippen molar-refractivity contribution in [2.75, 3.05) is 6.26 Å². The molecule has 0 saturated heterocycles. The summed E-state index contributed by atoms with van der Waals surface area (Å²) in [5.74, 6) is -1.04. The first-order chi connectivity index (χ1) is 13.0. The second kappa shape index (κ2) is 9.45. The van der Waals surface area contributed by atoms with Crippen molar-refractivity contribution in [2.45, 2.75) is 25.2 Å². The average Bonchev–Trinajstić information content (AvgIpc) is 3.26. The van der Waals surface area contributed by atoms with Gasteiger partial charge < -0.3 is 9.67 Å². The topological polar surface area (TPSA) is 66.0 Å². The first-order valence-corrected chi connectivity index (χ1v) is 10.6. The second-order valence-corrected chi connectivity index (χ2v) is 7.66.